The number of ether oxygens (including phenoxy) is 1. The first kappa shape index (κ1) is 23.6. The molecule has 0 spiro atoms. The van der Waals surface area contributed by atoms with Crippen molar-refractivity contribution in [1.29, 1.82) is 0 Å². The number of hydrogen-bond acceptors (Lipinski definition) is 5. The molecule has 0 aromatic heterocycles. The van der Waals surface area contributed by atoms with Crippen LogP contribution < -0.4 is 10.6 Å². The maximum atomic E-state index is 12.0. The van der Waals surface area contributed by atoms with Crippen molar-refractivity contribution < 1.29 is 34.1 Å². The van der Waals surface area contributed by atoms with E-state index in [0.29, 0.717) is 0 Å². The van der Waals surface area contributed by atoms with E-state index in [1.165, 1.54) is 0 Å². The summed E-state index contributed by atoms with van der Waals surface area (Å²) in [5, 5.41) is 23.3. The molecule has 2 amide bonds. The van der Waals surface area contributed by atoms with Crippen LogP contribution in [0.4, 0.5) is 0 Å². The number of carbonyl (C=O) groups is 4. The third-order valence-corrected chi connectivity index (χ3v) is 4.30. The Labute approximate surface area is 179 Å². The summed E-state index contributed by atoms with van der Waals surface area (Å²) in [5.74, 6) is -3.79. The van der Waals surface area contributed by atoms with Crippen molar-refractivity contribution in [1.82, 2.24) is 10.6 Å². The number of benzene rings is 2. The maximum Gasteiger partial charge on any atom is 0.326 e. The second-order valence-corrected chi connectivity index (χ2v) is 6.79. The smallest absolute Gasteiger partial charge is 0.326 e. The van der Waals surface area contributed by atoms with Gasteiger partial charge in [0.15, 0.2) is 0 Å². The van der Waals surface area contributed by atoms with Crippen LogP contribution in [-0.4, -0.2) is 59.3 Å². The van der Waals surface area contributed by atoms with Gasteiger partial charge in [-0.3, -0.25) is 9.59 Å². The topological polar surface area (TPSA) is 142 Å². The second-order valence-electron chi connectivity index (χ2n) is 6.79. The van der Waals surface area contributed by atoms with Crippen molar-refractivity contribution in [2.45, 2.75) is 24.9 Å². The fraction of sp³-hybridized carbons (Fsp3) is 0.273. The molecule has 0 aliphatic carbocycles. The number of amides is 2. The van der Waals surface area contributed by atoms with Crippen molar-refractivity contribution >= 4 is 23.8 Å². The van der Waals surface area contributed by atoms with Gasteiger partial charge in [0.25, 0.3) is 0 Å². The van der Waals surface area contributed by atoms with Gasteiger partial charge in [0.05, 0.1) is 0 Å². The summed E-state index contributed by atoms with van der Waals surface area (Å²) >= 11 is 0. The Morgan fingerprint density at radius 3 is 1.35 bits per heavy atom. The van der Waals surface area contributed by atoms with E-state index in [0.717, 1.165) is 11.1 Å². The first-order valence-electron chi connectivity index (χ1n) is 9.55. The molecule has 2 aromatic carbocycles. The number of carboxylic acid groups (broad SMARTS) is 2. The molecule has 2 atom stereocenters. The predicted molar refractivity (Wildman–Crippen MR) is 110 cm³/mol. The molecule has 4 N–H and O–H groups in total. The lowest BCUT2D eigenvalue weighted by atomic mass is 10.1. The van der Waals surface area contributed by atoms with Crippen molar-refractivity contribution in [3.63, 3.8) is 0 Å². The lowest BCUT2D eigenvalue weighted by Gasteiger charge is -2.16. The predicted octanol–water partition coefficient (Wildman–Crippen LogP) is 0.627. The minimum absolute atomic E-state index is 0.0994. The Morgan fingerprint density at radius 2 is 1.03 bits per heavy atom. The average molecular weight is 428 g/mol. The highest BCUT2D eigenvalue weighted by Gasteiger charge is 2.22. The number of hydrogen-bond donors (Lipinski definition) is 4. The van der Waals surface area contributed by atoms with Crippen LogP contribution in [0.5, 0.6) is 0 Å². The van der Waals surface area contributed by atoms with Gasteiger partial charge >= 0.3 is 11.9 Å². The third kappa shape index (κ3) is 8.67. The lowest BCUT2D eigenvalue weighted by molar-refractivity contribution is -0.144. The molecule has 31 heavy (non-hydrogen) atoms. The number of aliphatic carboxylic acids is 2. The minimum atomic E-state index is -1.19. The van der Waals surface area contributed by atoms with Gasteiger partial charge in [-0.05, 0) is 11.1 Å². The second kappa shape index (κ2) is 12.1. The van der Waals surface area contributed by atoms with Crippen LogP contribution in [0.1, 0.15) is 11.1 Å². The third-order valence-electron chi connectivity index (χ3n) is 4.30. The number of rotatable bonds is 12. The highest BCUT2D eigenvalue weighted by atomic mass is 16.5. The summed E-state index contributed by atoms with van der Waals surface area (Å²) in [7, 11) is 0. The molecule has 9 heteroatoms. The molecule has 0 heterocycles. The van der Waals surface area contributed by atoms with Gasteiger partial charge in [0.2, 0.25) is 11.8 Å². The zero-order chi connectivity index (χ0) is 22.6. The SMILES string of the molecule is O=C(COCC(=O)N[C@@H](Cc1ccccc1)C(=O)O)N[C@@H](Cc1ccccc1)C(=O)O. The van der Waals surface area contributed by atoms with Crippen molar-refractivity contribution in [2.24, 2.45) is 0 Å². The summed E-state index contributed by atoms with van der Waals surface area (Å²) in [6, 6.07) is 15.4. The summed E-state index contributed by atoms with van der Waals surface area (Å²) in [6.07, 6.45) is 0.199. The molecule has 2 aromatic rings. The van der Waals surface area contributed by atoms with E-state index in [4.69, 9.17) is 4.74 Å². The molecular formula is C22H24N2O7. The van der Waals surface area contributed by atoms with Crippen LogP contribution in [0.25, 0.3) is 0 Å². The number of carboxylic acids is 2. The lowest BCUT2D eigenvalue weighted by Crippen LogP contribution is -2.45. The highest BCUT2D eigenvalue weighted by Crippen LogP contribution is 2.04. The van der Waals surface area contributed by atoms with Gasteiger partial charge in [-0.2, -0.15) is 0 Å². The summed E-state index contributed by atoms with van der Waals surface area (Å²) in [4.78, 5) is 46.7. The summed E-state index contributed by atoms with van der Waals surface area (Å²) in [6.45, 7) is -1.08. The van der Waals surface area contributed by atoms with E-state index in [-0.39, 0.29) is 12.8 Å². The van der Waals surface area contributed by atoms with E-state index in [1.807, 2.05) is 0 Å². The summed E-state index contributed by atoms with van der Waals surface area (Å²) < 4.78 is 5.01. The normalized spacial score (nSPS) is 12.4. The van der Waals surface area contributed by atoms with Gasteiger partial charge in [0, 0.05) is 12.8 Å². The molecule has 0 aliphatic rings. The van der Waals surface area contributed by atoms with Gasteiger partial charge < -0.3 is 25.6 Å². The Balaban J connectivity index is 1.77. The maximum absolute atomic E-state index is 12.0. The number of carbonyl (C=O) groups excluding carboxylic acids is 2. The number of nitrogens with one attached hydrogen (secondary N) is 2. The molecule has 0 bridgehead atoms. The van der Waals surface area contributed by atoms with Gasteiger partial charge in [-0.15, -0.1) is 0 Å². The Hall–Kier alpha value is -3.72. The molecule has 0 aliphatic heterocycles. The Bertz CT molecular complexity index is 814. The molecule has 0 saturated carbocycles. The van der Waals surface area contributed by atoms with Crippen molar-refractivity contribution in [2.75, 3.05) is 13.2 Å². The monoisotopic (exact) mass is 428 g/mol. The first-order valence-corrected chi connectivity index (χ1v) is 9.55. The van der Waals surface area contributed by atoms with Crippen LogP contribution >= 0.6 is 0 Å². The van der Waals surface area contributed by atoms with Crippen molar-refractivity contribution in [3.8, 4) is 0 Å². The molecule has 0 fully saturated rings. The van der Waals surface area contributed by atoms with E-state index in [9.17, 15) is 29.4 Å². The fourth-order valence-corrected chi connectivity index (χ4v) is 2.81. The zero-order valence-electron chi connectivity index (χ0n) is 16.7. The molecular weight excluding hydrogens is 404 g/mol. The van der Waals surface area contributed by atoms with E-state index >= 15 is 0 Å². The van der Waals surface area contributed by atoms with Crippen LogP contribution in [0, 0.1) is 0 Å². The zero-order valence-corrected chi connectivity index (χ0v) is 16.7. The van der Waals surface area contributed by atoms with Gasteiger partial charge in [-0.25, -0.2) is 9.59 Å². The average Bonchev–Trinajstić information content (AvgIpc) is 2.74. The van der Waals surface area contributed by atoms with Crippen LogP contribution in [0.3, 0.4) is 0 Å². The highest BCUT2D eigenvalue weighted by molar-refractivity contribution is 5.86. The Kier molecular flexibility index (Phi) is 9.18. The van der Waals surface area contributed by atoms with E-state index < -0.39 is 49.1 Å². The van der Waals surface area contributed by atoms with Crippen molar-refractivity contribution in [3.05, 3.63) is 71.8 Å². The molecule has 9 nitrogen and oxygen atoms in total. The van der Waals surface area contributed by atoms with E-state index in [1.54, 1.807) is 60.7 Å². The molecule has 0 unspecified atom stereocenters. The largest absolute Gasteiger partial charge is 0.480 e. The fourth-order valence-electron chi connectivity index (χ4n) is 2.81. The molecule has 2 rings (SSSR count). The van der Waals surface area contributed by atoms with Gasteiger partial charge in [-0.1, -0.05) is 60.7 Å². The quantitative estimate of drug-likeness (QED) is 0.388. The minimum Gasteiger partial charge on any atom is -0.480 e. The van der Waals surface area contributed by atoms with Gasteiger partial charge in [0.1, 0.15) is 25.3 Å². The molecule has 0 saturated heterocycles. The molecule has 164 valence electrons. The Morgan fingerprint density at radius 1 is 0.677 bits per heavy atom. The first-order chi connectivity index (χ1) is 14.8. The standard InChI is InChI=1S/C22H24N2O7/c25-19(23-17(21(27)28)11-15-7-3-1-4-8-15)13-31-14-20(26)24-18(22(29)30)12-16-9-5-2-6-10-16/h1-10,17-18H,11-14H2,(H,23,25)(H,24,26)(H,27,28)(H,29,30)/t17-,18-/m0/s1. The molecule has 0 radical (unpaired) electrons. The summed E-state index contributed by atoms with van der Waals surface area (Å²) in [5.41, 5.74) is 1.49. The van der Waals surface area contributed by atoms with Crippen LogP contribution in [0.15, 0.2) is 60.7 Å². The van der Waals surface area contributed by atoms with Crippen LogP contribution in [0.2, 0.25) is 0 Å². The van der Waals surface area contributed by atoms with Crippen LogP contribution in [-0.2, 0) is 36.8 Å². The van der Waals surface area contributed by atoms with E-state index in [2.05, 4.69) is 10.6 Å².